The Morgan fingerprint density at radius 2 is 2.00 bits per heavy atom. The van der Waals surface area contributed by atoms with Crippen molar-refractivity contribution in [3.8, 4) is 0 Å². The number of nitrogens with one attached hydrogen (secondary N) is 1. The topological polar surface area (TPSA) is 41.6 Å². The van der Waals surface area contributed by atoms with E-state index in [1.54, 1.807) is 29.2 Å². The van der Waals surface area contributed by atoms with Gasteiger partial charge in [-0.25, -0.2) is 4.39 Å². The highest BCUT2D eigenvalue weighted by molar-refractivity contribution is 6.34. The molecule has 2 aromatic rings. The van der Waals surface area contributed by atoms with Gasteiger partial charge in [0.25, 0.3) is 5.91 Å². The van der Waals surface area contributed by atoms with Gasteiger partial charge in [0.2, 0.25) is 0 Å². The summed E-state index contributed by atoms with van der Waals surface area (Å²) in [5.74, 6) is -0.348. The third-order valence-electron chi connectivity index (χ3n) is 3.88. The first-order chi connectivity index (χ1) is 11.6. The van der Waals surface area contributed by atoms with Gasteiger partial charge in [-0.3, -0.25) is 4.79 Å². The summed E-state index contributed by atoms with van der Waals surface area (Å²) in [5, 5.41) is 3.58. The highest BCUT2D eigenvalue weighted by Gasteiger charge is 2.20. The lowest BCUT2D eigenvalue weighted by atomic mass is 10.1. The zero-order valence-corrected chi connectivity index (χ0v) is 13.9. The Morgan fingerprint density at radius 1 is 1.21 bits per heavy atom. The summed E-state index contributed by atoms with van der Waals surface area (Å²) in [6.07, 6.45) is 0. The molecular formula is C18H18ClFN2O2. The van der Waals surface area contributed by atoms with E-state index in [2.05, 4.69) is 5.32 Å². The molecule has 6 heteroatoms. The molecule has 0 aliphatic carbocycles. The molecule has 1 fully saturated rings. The van der Waals surface area contributed by atoms with Crippen molar-refractivity contribution in [2.45, 2.75) is 6.54 Å². The number of carbonyl (C=O) groups excluding carboxylic acids is 1. The number of carbonyl (C=O) groups is 1. The Kier molecular flexibility index (Phi) is 5.33. The molecule has 0 radical (unpaired) electrons. The molecule has 1 amide bonds. The lowest BCUT2D eigenvalue weighted by molar-refractivity contribution is 0.0303. The second-order valence-corrected chi connectivity index (χ2v) is 5.99. The van der Waals surface area contributed by atoms with Crippen LogP contribution in [0, 0.1) is 5.82 Å². The first-order valence-electron chi connectivity index (χ1n) is 7.78. The second kappa shape index (κ2) is 7.64. The number of benzene rings is 2. The first-order valence-corrected chi connectivity index (χ1v) is 8.16. The summed E-state index contributed by atoms with van der Waals surface area (Å²) in [6.45, 7) is 2.74. The maximum Gasteiger partial charge on any atom is 0.255 e. The molecule has 0 aromatic heterocycles. The van der Waals surface area contributed by atoms with Crippen molar-refractivity contribution < 1.29 is 13.9 Å². The predicted molar refractivity (Wildman–Crippen MR) is 91.9 cm³/mol. The Balaban J connectivity index is 1.66. The van der Waals surface area contributed by atoms with Crippen LogP contribution in [0.25, 0.3) is 0 Å². The van der Waals surface area contributed by atoms with E-state index in [4.69, 9.17) is 16.3 Å². The Bertz CT molecular complexity index is 733. The van der Waals surface area contributed by atoms with Crippen LogP contribution in [0.3, 0.4) is 0 Å². The maximum atomic E-state index is 13.2. The number of amides is 1. The lowest BCUT2D eigenvalue weighted by Gasteiger charge is -2.27. The summed E-state index contributed by atoms with van der Waals surface area (Å²) < 4.78 is 18.4. The van der Waals surface area contributed by atoms with E-state index in [1.165, 1.54) is 12.1 Å². The number of morpholine rings is 1. The minimum Gasteiger partial charge on any atom is -0.381 e. The largest absolute Gasteiger partial charge is 0.381 e. The van der Waals surface area contributed by atoms with Crippen molar-refractivity contribution in [3.05, 3.63) is 64.4 Å². The van der Waals surface area contributed by atoms with Gasteiger partial charge in [0.1, 0.15) is 5.82 Å². The van der Waals surface area contributed by atoms with Crippen LogP contribution < -0.4 is 5.32 Å². The number of halogens is 2. The average molecular weight is 349 g/mol. The van der Waals surface area contributed by atoms with Crippen LogP contribution >= 0.6 is 11.6 Å². The molecular weight excluding hydrogens is 331 g/mol. The van der Waals surface area contributed by atoms with Gasteiger partial charge >= 0.3 is 0 Å². The van der Waals surface area contributed by atoms with Gasteiger partial charge in [0.05, 0.1) is 23.8 Å². The fourth-order valence-corrected chi connectivity index (χ4v) is 2.85. The van der Waals surface area contributed by atoms with Gasteiger partial charge in [-0.05, 0) is 35.9 Å². The zero-order valence-electron chi connectivity index (χ0n) is 13.1. The standard InChI is InChI=1S/C18H18ClFN2O2/c19-17-11-15(21-12-13-2-1-3-14(20)10-13)4-5-16(17)18(23)22-6-8-24-9-7-22/h1-5,10-11,21H,6-9,12H2. The molecule has 0 unspecified atom stereocenters. The molecule has 0 spiro atoms. The second-order valence-electron chi connectivity index (χ2n) is 5.58. The summed E-state index contributed by atoms with van der Waals surface area (Å²) in [5.41, 5.74) is 2.09. The molecule has 3 rings (SSSR count). The van der Waals surface area contributed by atoms with E-state index in [0.29, 0.717) is 43.4 Å². The molecule has 0 bridgehead atoms. The third-order valence-corrected chi connectivity index (χ3v) is 4.20. The van der Waals surface area contributed by atoms with Crippen LogP contribution in [-0.4, -0.2) is 37.1 Å². The number of nitrogens with zero attached hydrogens (tertiary/aromatic N) is 1. The van der Waals surface area contributed by atoms with Crippen LogP contribution in [0.15, 0.2) is 42.5 Å². The number of hydrogen-bond donors (Lipinski definition) is 1. The van der Waals surface area contributed by atoms with Crippen molar-refractivity contribution in [3.63, 3.8) is 0 Å². The molecule has 1 heterocycles. The lowest BCUT2D eigenvalue weighted by Crippen LogP contribution is -2.40. The van der Waals surface area contributed by atoms with E-state index < -0.39 is 0 Å². The maximum absolute atomic E-state index is 13.2. The Hall–Kier alpha value is -2.11. The van der Waals surface area contributed by atoms with Gasteiger partial charge in [0, 0.05) is 25.3 Å². The van der Waals surface area contributed by atoms with Crippen LogP contribution in [0.5, 0.6) is 0 Å². The minimum absolute atomic E-state index is 0.0834. The van der Waals surface area contributed by atoms with E-state index in [9.17, 15) is 9.18 Å². The number of rotatable bonds is 4. The highest BCUT2D eigenvalue weighted by atomic mass is 35.5. The molecule has 1 saturated heterocycles. The first kappa shape index (κ1) is 16.7. The van der Waals surface area contributed by atoms with E-state index in [-0.39, 0.29) is 11.7 Å². The van der Waals surface area contributed by atoms with Crippen LogP contribution in [0.2, 0.25) is 5.02 Å². The zero-order chi connectivity index (χ0) is 16.9. The molecule has 126 valence electrons. The Labute approximate surface area is 145 Å². The van der Waals surface area contributed by atoms with Gasteiger partial charge in [-0.15, -0.1) is 0 Å². The van der Waals surface area contributed by atoms with Crippen LogP contribution in [0.4, 0.5) is 10.1 Å². The molecule has 0 atom stereocenters. The monoisotopic (exact) mass is 348 g/mol. The van der Waals surface area contributed by atoms with E-state index in [1.807, 2.05) is 6.07 Å². The molecule has 24 heavy (non-hydrogen) atoms. The Morgan fingerprint density at radius 3 is 2.71 bits per heavy atom. The quantitative estimate of drug-likeness (QED) is 0.918. The molecule has 1 N–H and O–H groups in total. The smallest absolute Gasteiger partial charge is 0.255 e. The van der Waals surface area contributed by atoms with Crippen LogP contribution in [-0.2, 0) is 11.3 Å². The van der Waals surface area contributed by atoms with Crippen molar-refractivity contribution in [1.82, 2.24) is 4.90 Å². The van der Waals surface area contributed by atoms with Crippen molar-refractivity contribution in [1.29, 1.82) is 0 Å². The van der Waals surface area contributed by atoms with Gasteiger partial charge in [0.15, 0.2) is 0 Å². The van der Waals surface area contributed by atoms with Crippen molar-refractivity contribution >= 4 is 23.2 Å². The summed E-state index contributed by atoms with van der Waals surface area (Å²) >= 11 is 6.27. The van der Waals surface area contributed by atoms with Crippen LogP contribution in [0.1, 0.15) is 15.9 Å². The average Bonchev–Trinajstić information content (AvgIpc) is 2.60. The van der Waals surface area contributed by atoms with Gasteiger partial charge < -0.3 is 15.0 Å². The molecule has 4 nitrogen and oxygen atoms in total. The van der Waals surface area contributed by atoms with Crippen molar-refractivity contribution in [2.75, 3.05) is 31.6 Å². The summed E-state index contributed by atoms with van der Waals surface area (Å²) in [4.78, 5) is 14.2. The van der Waals surface area contributed by atoms with Crippen molar-refractivity contribution in [2.24, 2.45) is 0 Å². The molecule has 1 aliphatic rings. The van der Waals surface area contributed by atoms with Gasteiger partial charge in [-0.2, -0.15) is 0 Å². The normalized spacial score (nSPS) is 14.5. The molecule has 2 aromatic carbocycles. The number of ether oxygens (including phenoxy) is 1. The molecule has 1 aliphatic heterocycles. The molecule has 0 saturated carbocycles. The summed E-state index contributed by atoms with van der Waals surface area (Å²) in [6, 6.07) is 11.6. The van der Waals surface area contributed by atoms with E-state index >= 15 is 0 Å². The number of hydrogen-bond acceptors (Lipinski definition) is 3. The fourth-order valence-electron chi connectivity index (χ4n) is 2.59. The third kappa shape index (κ3) is 4.04. The minimum atomic E-state index is -0.265. The van der Waals surface area contributed by atoms with E-state index in [0.717, 1.165) is 11.3 Å². The van der Waals surface area contributed by atoms with Gasteiger partial charge in [-0.1, -0.05) is 23.7 Å². The predicted octanol–water partition coefficient (Wildman–Crippen LogP) is 3.56. The fraction of sp³-hybridized carbons (Fsp3) is 0.278. The summed E-state index contributed by atoms with van der Waals surface area (Å²) in [7, 11) is 0. The highest BCUT2D eigenvalue weighted by Crippen LogP contribution is 2.23. The number of anilines is 1. The SMILES string of the molecule is O=C(c1ccc(NCc2cccc(F)c2)cc1Cl)N1CCOCC1.